The van der Waals surface area contributed by atoms with E-state index in [-0.39, 0.29) is 11.6 Å². The molecule has 4 heteroatoms. The van der Waals surface area contributed by atoms with Gasteiger partial charge in [0.05, 0.1) is 0 Å². The monoisotopic (exact) mass is 262 g/mol. The van der Waals surface area contributed by atoms with Gasteiger partial charge >= 0.3 is 5.97 Å². The highest BCUT2D eigenvalue weighted by Crippen LogP contribution is 2.39. The Morgan fingerprint density at radius 3 is 2.69 bits per heavy atom. The van der Waals surface area contributed by atoms with E-state index in [9.17, 15) is 4.79 Å². The fourth-order valence-electron chi connectivity index (χ4n) is 1.60. The van der Waals surface area contributed by atoms with Crippen LogP contribution in [0.25, 0.3) is 0 Å². The van der Waals surface area contributed by atoms with Crippen LogP contribution in [0, 0.1) is 0 Å². The van der Waals surface area contributed by atoms with E-state index in [2.05, 4.69) is 0 Å². The van der Waals surface area contributed by atoms with Crippen LogP contribution < -0.4 is 0 Å². The molecule has 1 fully saturated rings. The van der Waals surface area contributed by atoms with Crippen molar-refractivity contribution in [2.75, 3.05) is 5.75 Å². The molecule has 0 radical (unpaired) electrons. The summed E-state index contributed by atoms with van der Waals surface area (Å²) in [6.45, 7) is 5.74. The van der Waals surface area contributed by atoms with E-state index in [0.717, 1.165) is 18.1 Å². The maximum atomic E-state index is 11.4. The van der Waals surface area contributed by atoms with Gasteiger partial charge in [0.2, 0.25) is 0 Å². The summed E-state index contributed by atoms with van der Waals surface area (Å²) < 4.78 is 5.26. The number of carbonyl (C=O) groups excluding carboxylic acids is 1. The molecule has 0 bridgehead atoms. The second-order valence-corrected chi connectivity index (χ2v) is 7.95. The summed E-state index contributed by atoms with van der Waals surface area (Å²) in [7, 11) is 3.99. The highest BCUT2D eigenvalue weighted by molar-refractivity contribution is 8.77. The molecule has 1 heterocycles. The third-order valence-corrected chi connectivity index (χ3v) is 5.31. The normalized spacial score (nSPS) is 21.1. The zero-order valence-electron chi connectivity index (χ0n) is 10.5. The van der Waals surface area contributed by atoms with Crippen molar-refractivity contribution in [1.82, 2.24) is 0 Å². The van der Waals surface area contributed by atoms with Crippen LogP contribution in [0.5, 0.6) is 0 Å². The third-order valence-electron chi connectivity index (χ3n) is 2.30. The second kappa shape index (κ2) is 6.80. The van der Waals surface area contributed by atoms with Gasteiger partial charge in [0.15, 0.2) is 0 Å². The van der Waals surface area contributed by atoms with Crippen LogP contribution in [0.4, 0.5) is 0 Å². The van der Waals surface area contributed by atoms with Crippen molar-refractivity contribution in [1.29, 1.82) is 0 Å². The molecule has 16 heavy (non-hydrogen) atoms. The van der Waals surface area contributed by atoms with Gasteiger partial charge in [0.25, 0.3) is 0 Å². The average molecular weight is 262 g/mol. The van der Waals surface area contributed by atoms with Gasteiger partial charge < -0.3 is 4.74 Å². The van der Waals surface area contributed by atoms with Gasteiger partial charge in [0, 0.05) is 17.4 Å². The lowest BCUT2D eigenvalue weighted by atomic mass is 10.1. The smallest absolute Gasteiger partial charge is 0.306 e. The lowest BCUT2D eigenvalue weighted by Gasteiger charge is -2.19. The van der Waals surface area contributed by atoms with Gasteiger partial charge in [-0.3, -0.25) is 4.79 Å². The first-order chi connectivity index (χ1) is 7.47. The Kier molecular flexibility index (Phi) is 6.05. The maximum Gasteiger partial charge on any atom is 0.306 e. The number of carbonyl (C=O) groups is 1. The molecule has 0 aromatic carbocycles. The number of hydrogen-bond acceptors (Lipinski definition) is 4. The van der Waals surface area contributed by atoms with Crippen molar-refractivity contribution in [2.45, 2.75) is 63.7 Å². The lowest BCUT2D eigenvalue weighted by Crippen LogP contribution is -2.23. The summed E-state index contributed by atoms with van der Waals surface area (Å²) >= 11 is 0. The molecular formula is C12H22O2S2. The Labute approximate surface area is 107 Å². The summed E-state index contributed by atoms with van der Waals surface area (Å²) in [6, 6.07) is 0. The molecule has 1 atom stereocenters. The lowest BCUT2D eigenvalue weighted by molar-refractivity contribution is -0.154. The van der Waals surface area contributed by atoms with Gasteiger partial charge in [0.1, 0.15) is 5.60 Å². The van der Waals surface area contributed by atoms with Crippen molar-refractivity contribution in [3.05, 3.63) is 0 Å². The molecule has 1 saturated heterocycles. The average Bonchev–Trinajstić information content (AvgIpc) is 2.62. The van der Waals surface area contributed by atoms with E-state index in [1.165, 1.54) is 18.6 Å². The minimum atomic E-state index is -0.338. The SMILES string of the molecule is CC(C)(C)OC(=O)CCCC[C@@H]1CCSS1. The Morgan fingerprint density at radius 2 is 2.12 bits per heavy atom. The molecule has 0 unspecified atom stereocenters. The molecule has 1 rings (SSSR count). The zero-order valence-corrected chi connectivity index (χ0v) is 12.1. The van der Waals surface area contributed by atoms with Crippen LogP contribution in [0.1, 0.15) is 52.9 Å². The minimum Gasteiger partial charge on any atom is -0.460 e. The Bertz CT molecular complexity index is 218. The Hall–Kier alpha value is 0.170. The van der Waals surface area contributed by atoms with Gasteiger partial charge in [-0.15, -0.1) is 0 Å². The molecule has 0 aromatic heterocycles. The van der Waals surface area contributed by atoms with Crippen molar-refractivity contribution in [2.24, 2.45) is 0 Å². The van der Waals surface area contributed by atoms with Crippen LogP contribution in [0.15, 0.2) is 0 Å². The number of rotatable bonds is 5. The molecule has 1 aliphatic heterocycles. The quantitative estimate of drug-likeness (QED) is 0.424. The van der Waals surface area contributed by atoms with E-state index >= 15 is 0 Å². The fourth-order valence-corrected chi connectivity index (χ4v) is 4.63. The molecule has 0 saturated carbocycles. The maximum absolute atomic E-state index is 11.4. The van der Waals surface area contributed by atoms with Crippen molar-refractivity contribution >= 4 is 27.6 Å². The molecular weight excluding hydrogens is 240 g/mol. The van der Waals surface area contributed by atoms with Crippen LogP contribution in [0.3, 0.4) is 0 Å². The zero-order chi connectivity index (χ0) is 12.0. The van der Waals surface area contributed by atoms with Gasteiger partial charge in [-0.1, -0.05) is 28.0 Å². The highest BCUT2D eigenvalue weighted by Gasteiger charge is 2.17. The molecule has 0 spiro atoms. The molecule has 0 aliphatic carbocycles. The standard InChI is InChI=1S/C12H22O2S2/c1-12(2,3)14-11(13)7-5-4-6-10-8-9-15-16-10/h10H,4-9H2,1-3H3/t10-/m1/s1. The minimum absolute atomic E-state index is 0.0547. The van der Waals surface area contributed by atoms with Crippen LogP contribution in [-0.2, 0) is 9.53 Å². The van der Waals surface area contributed by atoms with Crippen LogP contribution >= 0.6 is 21.6 Å². The number of hydrogen-bond donors (Lipinski definition) is 0. The molecule has 94 valence electrons. The van der Waals surface area contributed by atoms with E-state index in [1.807, 2.05) is 42.4 Å². The largest absolute Gasteiger partial charge is 0.460 e. The summed E-state index contributed by atoms with van der Waals surface area (Å²) in [4.78, 5) is 11.4. The van der Waals surface area contributed by atoms with E-state index in [4.69, 9.17) is 4.74 Å². The van der Waals surface area contributed by atoms with Gasteiger partial charge in [-0.05, 0) is 40.0 Å². The van der Waals surface area contributed by atoms with Gasteiger partial charge in [-0.25, -0.2) is 0 Å². The predicted octanol–water partition coefficient (Wildman–Crippen LogP) is 4.04. The number of ether oxygens (including phenoxy) is 1. The molecule has 0 aromatic rings. The summed E-state index contributed by atoms with van der Waals surface area (Å²) in [5.74, 6) is 1.24. The molecule has 0 N–H and O–H groups in total. The van der Waals surface area contributed by atoms with Crippen molar-refractivity contribution in [3.63, 3.8) is 0 Å². The van der Waals surface area contributed by atoms with E-state index in [0.29, 0.717) is 6.42 Å². The Balaban J connectivity index is 2.00. The van der Waals surface area contributed by atoms with Crippen LogP contribution in [0.2, 0.25) is 0 Å². The summed E-state index contributed by atoms with van der Waals surface area (Å²) in [6.07, 6.45) is 5.28. The predicted molar refractivity (Wildman–Crippen MR) is 72.8 cm³/mol. The molecule has 1 aliphatic rings. The second-order valence-electron chi connectivity index (χ2n) is 5.16. The van der Waals surface area contributed by atoms with E-state index in [1.54, 1.807) is 0 Å². The molecule has 0 amide bonds. The summed E-state index contributed by atoms with van der Waals surface area (Å²) in [5, 5.41) is 0.823. The van der Waals surface area contributed by atoms with E-state index < -0.39 is 0 Å². The summed E-state index contributed by atoms with van der Waals surface area (Å²) in [5.41, 5.74) is -0.338. The first-order valence-corrected chi connectivity index (χ1v) is 8.36. The van der Waals surface area contributed by atoms with Crippen LogP contribution in [-0.4, -0.2) is 22.6 Å². The van der Waals surface area contributed by atoms with Gasteiger partial charge in [-0.2, -0.15) is 0 Å². The van der Waals surface area contributed by atoms with Crippen molar-refractivity contribution in [3.8, 4) is 0 Å². The number of unbranched alkanes of at least 4 members (excludes halogenated alkanes) is 1. The fraction of sp³-hybridized carbons (Fsp3) is 0.917. The first-order valence-electron chi connectivity index (χ1n) is 5.97. The Morgan fingerprint density at radius 1 is 1.38 bits per heavy atom. The topological polar surface area (TPSA) is 26.3 Å². The molecule has 2 nitrogen and oxygen atoms in total. The highest BCUT2D eigenvalue weighted by atomic mass is 33.1. The first kappa shape index (κ1) is 14.2. The van der Waals surface area contributed by atoms with Crippen molar-refractivity contribution < 1.29 is 9.53 Å². The number of esters is 1. The third kappa shape index (κ3) is 6.69.